The summed E-state index contributed by atoms with van der Waals surface area (Å²) in [6.45, 7) is 3.31. The van der Waals surface area contributed by atoms with E-state index in [0.717, 1.165) is 25.9 Å². The molecule has 0 aromatic heterocycles. The van der Waals surface area contributed by atoms with Crippen molar-refractivity contribution in [2.45, 2.75) is 75.5 Å². The van der Waals surface area contributed by atoms with Crippen molar-refractivity contribution in [2.75, 3.05) is 46.6 Å². The molecule has 2 saturated heterocycles. The molecule has 6 unspecified atom stereocenters. The molecule has 6 atom stereocenters. The van der Waals surface area contributed by atoms with Crippen molar-refractivity contribution in [3.05, 3.63) is 0 Å². The molecule has 2 saturated carbocycles. The minimum absolute atomic E-state index is 0.0480. The number of halogens is 6. The zero-order valence-electron chi connectivity index (χ0n) is 20.6. The standard InChI is InChI=1S/C24H37F6N3O3/c1-32(7-4-15-10-17(23(25,26)27)13-18(11-15)24(28,29)30)22(34)21(33-8-5-31-6-9-33)16-2-3-19-20(12-16)36-14-35-19/h15-21,31H,2-14H2,1H3. The second-order valence-corrected chi connectivity index (χ2v) is 10.9. The number of nitrogens with zero attached hydrogens (tertiary/aromatic N) is 2. The lowest BCUT2D eigenvalue weighted by Gasteiger charge is -2.43. The number of fused-ring (bicyclic) bond motifs is 1. The summed E-state index contributed by atoms with van der Waals surface area (Å²) in [6.07, 6.45) is -8.41. The first-order chi connectivity index (χ1) is 16.9. The predicted octanol–water partition coefficient (Wildman–Crippen LogP) is 3.81. The molecule has 2 aliphatic heterocycles. The van der Waals surface area contributed by atoms with Crippen LogP contribution in [0, 0.1) is 23.7 Å². The highest BCUT2D eigenvalue weighted by Crippen LogP contribution is 2.48. The maximum absolute atomic E-state index is 13.7. The maximum Gasteiger partial charge on any atom is 0.391 e. The zero-order valence-corrected chi connectivity index (χ0v) is 20.6. The van der Waals surface area contributed by atoms with Gasteiger partial charge in [-0.25, -0.2) is 0 Å². The first kappa shape index (κ1) is 27.9. The summed E-state index contributed by atoms with van der Waals surface area (Å²) in [6, 6.07) is -0.389. The van der Waals surface area contributed by atoms with E-state index in [1.807, 2.05) is 0 Å². The summed E-state index contributed by atoms with van der Waals surface area (Å²) in [7, 11) is 1.61. The number of carbonyl (C=O) groups excluding carboxylic acids is 1. The van der Waals surface area contributed by atoms with Gasteiger partial charge in [0.1, 0.15) is 6.79 Å². The van der Waals surface area contributed by atoms with E-state index in [-0.39, 0.29) is 62.7 Å². The lowest BCUT2D eigenvalue weighted by atomic mass is 9.73. The molecule has 0 bridgehead atoms. The second-order valence-electron chi connectivity index (χ2n) is 10.9. The van der Waals surface area contributed by atoms with Gasteiger partial charge in [0.2, 0.25) is 5.91 Å². The molecule has 12 heteroatoms. The fourth-order valence-electron chi connectivity index (χ4n) is 6.53. The molecular formula is C24H37F6N3O3. The van der Waals surface area contributed by atoms with Crippen LogP contribution in [0.25, 0.3) is 0 Å². The van der Waals surface area contributed by atoms with Crippen LogP contribution in [0.5, 0.6) is 0 Å². The largest absolute Gasteiger partial charge is 0.391 e. The molecule has 1 amide bonds. The van der Waals surface area contributed by atoms with Crippen LogP contribution >= 0.6 is 0 Å². The van der Waals surface area contributed by atoms with E-state index in [0.29, 0.717) is 19.5 Å². The highest BCUT2D eigenvalue weighted by molar-refractivity contribution is 5.82. The van der Waals surface area contributed by atoms with E-state index in [9.17, 15) is 31.1 Å². The van der Waals surface area contributed by atoms with Gasteiger partial charge in [-0.2, -0.15) is 26.3 Å². The Morgan fingerprint density at radius 3 is 2.17 bits per heavy atom. The van der Waals surface area contributed by atoms with Gasteiger partial charge < -0.3 is 19.7 Å². The second kappa shape index (κ2) is 11.3. The van der Waals surface area contributed by atoms with Crippen LogP contribution in [0.2, 0.25) is 0 Å². The van der Waals surface area contributed by atoms with Crippen molar-refractivity contribution < 1.29 is 40.6 Å². The summed E-state index contributed by atoms with van der Waals surface area (Å²) in [5.74, 6) is -4.71. The molecule has 0 aromatic carbocycles. The molecule has 2 aliphatic carbocycles. The summed E-state index contributed by atoms with van der Waals surface area (Å²) < 4.78 is 91.4. The average Bonchev–Trinajstić information content (AvgIpc) is 3.30. The molecule has 6 nitrogen and oxygen atoms in total. The van der Waals surface area contributed by atoms with Crippen molar-refractivity contribution in [1.82, 2.24) is 15.1 Å². The van der Waals surface area contributed by atoms with Crippen LogP contribution in [0.1, 0.15) is 44.9 Å². The first-order valence-corrected chi connectivity index (χ1v) is 13.0. The van der Waals surface area contributed by atoms with Gasteiger partial charge in [0, 0.05) is 39.8 Å². The normalized spacial score (nSPS) is 35.3. The Labute approximate surface area is 208 Å². The number of likely N-dealkylation sites (N-methyl/N-ethyl adjacent to an activating group) is 1. The van der Waals surface area contributed by atoms with Crippen molar-refractivity contribution >= 4 is 5.91 Å². The van der Waals surface area contributed by atoms with Gasteiger partial charge >= 0.3 is 12.4 Å². The van der Waals surface area contributed by atoms with Crippen LogP contribution in [0.4, 0.5) is 26.3 Å². The van der Waals surface area contributed by atoms with Gasteiger partial charge in [-0.05, 0) is 56.8 Å². The van der Waals surface area contributed by atoms with E-state index in [1.165, 1.54) is 4.90 Å². The number of carbonyl (C=O) groups is 1. The third-order valence-corrected chi connectivity index (χ3v) is 8.56. The smallest absolute Gasteiger partial charge is 0.349 e. The molecule has 4 aliphatic rings. The highest BCUT2D eigenvalue weighted by atomic mass is 19.4. The molecule has 208 valence electrons. The topological polar surface area (TPSA) is 54.0 Å². The molecule has 1 N–H and O–H groups in total. The Bertz CT molecular complexity index is 724. The van der Waals surface area contributed by atoms with Gasteiger partial charge in [0.05, 0.1) is 30.1 Å². The van der Waals surface area contributed by atoms with Crippen LogP contribution < -0.4 is 5.32 Å². The molecule has 4 fully saturated rings. The Hall–Kier alpha value is -1.11. The molecule has 0 aromatic rings. The number of ether oxygens (including phenoxy) is 2. The van der Waals surface area contributed by atoms with E-state index < -0.39 is 36.5 Å². The average molecular weight is 530 g/mol. The Morgan fingerprint density at radius 2 is 1.56 bits per heavy atom. The van der Waals surface area contributed by atoms with Crippen LogP contribution in [-0.2, 0) is 14.3 Å². The number of piperazine rings is 1. The number of amides is 1. The molecule has 4 rings (SSSR count). The molecular weight excluding hydrogens is 492 g/mol. The number of hydrogen-bond acceptors (Lipinski definition) is 5. The fraction of sp³-hybridized carbons (Fsp3) is 0.958. The third-order valence-electron chi connectivity index (χ3n) is 8.56. The SMILES string of the molecule is CN(CCC1CC(C(F)(F)F)CC(C(F)(F)F)C1)C(=O)C(C1CCC2OCOC2C1)N1CCNCC1. The molecule has 36 heavy (non-hydrogen) atoms. The fourth-order valence-corrected chi connectivity index (χ4v) is 6.53. The first-order valence-electron chi connectivity index (χ1n) is 13.0. The van der Waals surface area contributed by atoms with Gasteiger partial charge in [-0.3, -0.25) is 9.69 Å². The summed E-state index contributed by atoms with van der Waals surface area (Å²) in [5.41, 5.74) is 0. The third kappa shape index (κ3) is 6.66. The van der Waals surface area contributed by atoms with Gasteiger partial charge in [-0.15, -0.1) is 0 Å². The maximum atomic E-state index is 13.7. The number of rotatable bonds is 6. The zero-order chi connectivity index (χ0) is 26.1. The minimum Gasteiger partial charge on any atom is -0.349 e. The molecule has 0 radical (unpaired) electrons. The van der Waals surface area contributed by atoms with Crippen LogP contribution in [-0.4, -0.2) is 92.9 Å². The van der Waals surface area contributed by atoms with Gasteiger partial charge in [-0.1, -0.05) is 0 Å². The quantitative estimate of drug-likeness (QED) is 0.531. The van der Waals surface area contributed by atoms with Crippen molar-refractivity contribution in [1.29, 1.82) is 0 Å². The Balaban J connectivity index is 1.40. The van der Waals surface area contributed by atoms with Crippen molar-refractivity contribution in [2.24, 2.45) is 23.7 Å². The number of alkyl halides is 6. The lowest BCUT2D eigenvalue weighted by molar-refractivity contribution is -0.229. The van der Waals surface area contributed by atoms with Crippen LogP contribution in [0.3, 0.4) is 0 Å². The number of hydrogen-bond donors (Lipinski definition) is 1. The monoisotopic (exact) mass is 529 g/mol. The van der Waals surface area contributed by atoms with E-state index in [2.05, 4.69) is 10.2 Å². The van der Waals surface area contributed by atoms with Gasteiger partial charge in [0.25, 0.3) is 0 Å². The lowest BCUT2D eigenvalue weighted by Crippen LogP contribution is -2.58. The van der Waals surface area contributed by atoms with E-state index in [4.69, 9.17) is 9.47 Å². The summed E-state index contributed by atoms with van der Waals surface area (Å²) in [5, 5.41) is 3.28. The predicted molar refractivity (Wildman–Crippen MR) is 119 cm³/mol. The molecule has 0 spiro atoms. The van der Waals surface area contributed by atoms with Gasteiger partial charge in [0.15, 0.2) is 0 Å². The number of nitrogens with one attached hydrogen (secondary N) is 1. The van der Waals surface area contributed by atoms with Crippen molar-refractivity contribution in [3.8, 4) is 0 Å². The van der Waals surface area contributed by atoms with Crippen LogP contribution in [0.15, 0.2) is 0 Å². The van der Waals surface area contributed by atoms with E-state index >= 15 is 0 Å². The minimum atomic E-state index is -4.65. The van der Waals surface area contributed by atoms with Crippen molar-refractivity contribution in [3.63, 3.8) is 0 Å². The Kier molecular flexibility index (Phi) is 8.78. The molecule has 2 heterocycles. The Morgan fingerprint density at radius 1 is 0.944 bits per heavy atom. The summed E-state index contributed by atoms with van der Waals surface area (Å²) >= 11 is 0. The highest BCUT2D eigenvalue weighted by Gasteiger charge is 2.52. The summed E-state index contributed by atoms with van der Waals surface area (Å²) in [4.78, 5) is 17.4. The van der Waals surface area contributed by atoms with E-state index in [1.54, 1.807) is 7.05 Å².